The second-order valence-corrected chi connectivity index (χ2v) is 8.77. The molecule has 0 bridgehead atoms. The summed E-state index contributed by atoms with van der Waals surface area (Å²) in [6.07, 6.45) is -1.18. The third kappa shape index (κ3) is 3.93. The third-order valence-corrected chi connectivity index (χ3v) is 6.73. The molecule has 1 aliphatic heterocycles. The molecule has 1 saturated heterocycles. The highest BCUT2D eigenvalue weighted by Gasteiger charge is 2.48. The molecule has 26 heavy (non-hydrogen) atoms. The summed E-state index contributed by atoms with van der Waals surface area (Å²) in [5.41, 5.74) is -0.706. The fraction of sp³-hybridized carbons (Fsp3) is 0.333. The summed E-state index contributed by atoms with van der Waals surface area (Å²) in [5, 5.41) is 24.6. The summed E-state index contributed by atoms with van der Waals surface area (Å²) in [7, 11) is -3.76. The Kier molecular flexibility index (Phi) is 5.67. The van der Waals surface area contributed by atoms with Crippen molar-refractivity contribution in [2.45, 2.75) is 23.1 Å². The minimum absolute atomic E-state index is 0.0419. The third-order valence-electron chi connectivity index (χ3n) is 4.53. The molecule has 2 aromatic rings. The van der Waals surface area contributed by atoms with Crippen LogP contribution >= 0.6 is 11.6 Å². The summed E-state index contributed by atoms with van der Waals surface area (Å²) < 4.78 is 26.5. The van der Waals surface area contributed by atoms with Crippen molar-refractivity contribution in [2.24, 2.45) is 0 Å². The molecule has 1 aliphatic rings. The van der Waals surface area contributed by atoms with E-state index in [1.165, 1.54) is 12.1 Å². The summed E-state index contributed by atoms with van der Waals surface area (Å²) >= 11 is 6.09. The number of sulfonamides is 1. The lowest BCUT2D eigenvalue weighted by atomic mass is 10.0. The van der Waals surface area contributed by atoms with Gasteiger partial charge in [0.1, 0.15) is 5.60 Å². The van der Waals surface area contributed by atoms with Crippen LogP contribution in [0, 0.1) is 0 Å². The standard InChI is InChI=1S/C18H21ClN2O4S/c19-16-9-5-4-6-14(16)10-20-12-18(23)13-21(11-17(18)22)26(24,25)15-7-2-1-3-8-15/h1-9,17,20,22-23H,10-13H2/t17-,18+/m1/s1. The lowest BCUT2D eigenvalue weighted by Gasteiger charge is -2.26. The first-order valence-corrected chi connectivity index (χ1v) is 10.0. The van der Waals surface area contributed by atoms with Gasteiger partial charge < -0.3 is 15.5 Å². The minimum atomic E-state index is -3.76. The highest BCUT2D eigenvalue weighted by atomic mass is 35.5. The van der Waals surface area contributed by atoms with Gasteiger partial charge in [-0.2, -0.15) is 4.31 Å². The van der Waals surface area contributed by atoms with Crippen LogP contribution in [0.15, 0.2) is 59.5 Å². The van der Waals surface area contributed by atoms with Gasteiger partial charge in [0.05, 0.1) is 11.0 Å². The average Bonchev–Trinajstić information content (AvgIpc) is 2.93. The topological polar surface area (TPSA) is 89.9 Å². The Hall–Kier alpha value is -1.48. The predicted molar refractivity (Wildman–Crippen MR) is 99.3 cm³/mol. The van der Waals surface area contributed by atoms with E-state index in [0.717, 1.165) is 9.87 Å². The van der Waals surface area contributed by atoms with Crippen LogP contribution in [0.5, 0.6) is 0 Å². The van der Waals surface area contributed by atoms with Crippen LogP contribution in [0.2, 0.25) is 5.02 Å². The molecule has 6 nitrogen and oxygen atoms in total. The number of benzene rings is 2. The van der Waals surface area contributed by atoms with E-state index in [9.17, 15) is 18.6 Å². The Morgan fingerprint density at radius 3 is 2.50 bits per heavy atom. The Labute approximate surface area is 158 Å². The van der Waals surface area contributed by atoms with Crippen LogP contribution in [-0.4, -0.2) is 54.3 Å². The van der Waals surface area contributed by atoms with Gasteiger partial charge in [-0.3, -0.25) is 0 Å². The van der Waals surface area contributed by atoms with E-state index in [1.807, 2.05) is 18.2 Å². The zero-order chi connectivity index (χ0) is 18.8. The molecule has 0 aliphatic carbocycles. The molecule has 2 aromatic carbocycles. The van der Waals surface area contributed by atoms with Gasteiger partial charge in [-0.1, -0.05) is 48.0 Å². The van der Waals surface area contributed by atoms with Crippen molar-refractivity contribution in [2.75, 3.05) is 19.6 Å². The Bertz CT molecular complexity index is 863. The van der Waals surface area contributed by atoms with Gasteiger partial charge in [0.15, 0.2) is 0 Å². The SMILES string of the molecule is O=S(=O)(c1ccccc1)N1C[C@@H](O)[C@](O)(CNCc2ccccc2Cl)C1. The van der Waals surface area contributed by atoms with Crippen molar-refractivity contribution in [3.8, 4) is 0 Å². The quantitative estimate of drug-likeness (QED) is 0.683. The van der Waals surface area contributed by atoms with Gasteiger partial charge in [0.2, 0.25) is 10.0 Å². The van der Waals surface area contributed by atoms with E-state index in [1.54, 1.807) is 24.3 Å². The summed E-state index contributed by atoms with van der Waals surface area (Å²) in [5.74, 6) is 0. The summed E-state index contributed by atoms with van der Waals surface area (Å²) in [4.78, 5) is 0.139. The predicted octanol–water partition coefficient (Wildman–Crippen LogP) is 1.23. The van der Waals surface area contributed by atoms with E-state index in [-0.39, 0.29) is 24.5 Å². The highest BCUT2D eigenvalue weighted by Crippen LogP contribution is 2.27. The number of β-amino-alcohol motifs (C(OH)–C–C–N with tert-alkyl or cyclic N) is 2. The first kappa shape index (κ1) is 19.3. The Balaban J connectivity index is 1.66. The van der Waals surface area contributed by atoms with Gasteiger partial charge >= 0.3 is 0 Å². The first-order valence-electron chi connectivity index (χ1n) is 8.23. The number of hydrogen-bond donors (Lipinski definition) is 3. The molecule has 140 valence electrons. The van der Waals surface area contributed by atoms with Crippen LogP contribution < -0.4 is 5.32 Å². The molecule has 3 rings (SSSR count). The summed E-state index contributed by atoms with van der Waals surface area (Å²) in [6, 6.07) is 15.3. The van der Waals surface area contributed by atoms with Crippen LogP contribution in [0.1, 0.15) is 5.56 Å². The molecule has 0 unspecified atom stereocenters. The molecule has 8 heteroatoms. The van der Waals surface area contributed by atoms with Gasteiger partial charge in [0.25, 0.3) is 0 Å². The zero-order valence-corrected chi connectivity index (χ0v) is 15.6. The van der Waals surface area contributed by atoms with E-state index in [2.05, 4.69) is 5.32 Å². The molecule has 2 atom stereocenters. The Morgan fingerprint density at radius 1 is 1.15 bits per heavy atom. The molecule has 0 amide bonds. The molecule has 1 heterocycles. The highest BCUT2D eigenvalue weighted by molar-refractivity contribution is 7.89. The van der Waals surface area contributed by atoms with Crippen LogP contribution in [-0.2, 0) is 16.6 Å². The molecular formula is C18H21ClN2O4S. The number of nitrogens with one attached hydrogen (secondary N) is 1. The molecule has 0 saturated carbocycles. The molecular weight excluding hydrogens is 376 g/mol. The van der Waals surface area contributed by atoms with Crippen molar-refractivity contribution >= 4 is 21.6 Å². The molecule has 3 N–H and O–H groups in total. The Morgan fingerprint density at radius 2 is 1.81 bits per heavy atom. The number of halogens is 1. The van der Waals surface area contributed by atoms with Crippen LogP contribution in [0.3, 0.4) is 0 Å². The molecule has 0 aromatic heterocycles. The maximum Gasteiger partial charge on any atom is 0.243 e. The van der Waals surface area contributed by atoms with E-state index in [4.69, 9.17) is 11.6 Å². The van der Waals surface area contributed by atoms with E-state index in [0.29, 0.717) is 11.6 Å². The number of hydrogen-bond acceptors (Lipinski definition) is 5. The van der Waals surface area contributed by atoms with Gasteiger partial charge in [-0.05, 0) is 23.8 Å². The van der Waals surface area contributed by atoms with Crippen molar-refractivity contribution in [3.05, 3.63) is 65.2 Å². The maximum absolute atomic E-state index is 12.7. The van der Waals surface area contributed by atoms with Gasteiger partial charge in [-0.15, -0.1) is 0 Å². The van der Waals surface area contributed by atoms with E-state index >= 15 is 0 Å². The normalized spacial score (nSPS) is 24.0. The molecule has 1 fully saturated rings. The van der Waals surface area contributed by atoms with Crippen molar-refractivity contribution < 1.29 is 18.6 Å². The fourth-order valence-corrected chi connectivity index (χ4v) is 4.72. The fourth-order valence-electron chi connectivity index (χ4n) is 2.99. The lowest BCUT2D eigenvalue weighted by Crippen LogP contribution is -2.50. The van der Waals surface area contributed by atoms with Crippen molar-refractivity contribution in [1.82, 2.24) is 9.62 Å². The van der Waals surface area contributed by atoms with Crippen LogP contribution in [0.4, 0.5) is 0 Å². The number of aliphatic hydroxyl groups excluding tert-OH is 1. The lowest BCUT2D eigenvalue weighted by molar-refractivity contribution is -0.0384. The van der Waals surface area contributed by atoms with E-state index < -0.39 is 21.7 Å². The van der Waals surface area contributed by atoms with Crippen molar-refractivity contribution in [3.63, 3.8) is 0 Å². The van der Waals surface area contributed by atoms with Crippen LogP contribution in [0.25, 0.3) is 0 Å². The largest absolute Gasteiger partial charge is 0.389 e. The first-order chi connectivity index (χ1) is 12.3. The van der Waals surface area contributed by atoms with Gasteiger partial charge in [-0.25, -0.2) is 8.42 Å². The molecule has 0 spiro atoms. The number of rotatable bonds is 6. The number of nitrogens with zero attached hydrogens (tertiary/aromatic N) is 1. The smallest absolute Gasteiger partial charge is 0.243 e. The van der Waals surface area contributed by atoms with Gasteiger partial charge in [0, 0.05) is 31.2 Å². The molecule has 0 radical (unpaired) electrons. The number of aliphatic hydroxyl groups is 2. The average molecular weight is 397 g/mol. The second kappa shape index (κ2) is 7.64. The summed E-state index contributed by atoms with van der Waals surface area (Å²) in [6.45, 7) is 0.114. The zero-order valence-electron chi connectivity index (χ0n) is 14.0. The maximum atomic E-state index is 12.7. The minimum Gasteiger partial charge on any atom is -0.389 e. The second-order valence-electron chi connectivity index (χ2n) is 6.42. The van der Waals surface area contributed by atoms with Crippen molar-refractivity contribution in [1.29, 1.82) is 0 Å². The monoisotopic (exact) mass is 396 g/mol.